The number of esters is 1. The number of Topliss-reactive ketones (excluding diaryl/α,β-unsaturated/α-hetero) is 1. The molecule has 156 valence electrons. The van der Waals surface area contributed by atoms with E-state index >= 15 is 0 Å². The maximum atomic E-state index is 12.8. The molecule has 0 spiro atoms. The molecule has 3 atom stereocenters. The highest BCUT2D eigenvalue weighted by Crippen LogP contribution is 2.29. The van der Waals surface area contributed by atoms with Crippen molar-refractivity contribution in [2.75, 3.05) is 11.0 Å². The number of hydrogen-bond acceptors (Lipinski definition) is 5. The van der Waals surface area contributed by atoms with E-state index in [1.807, 2.05) is 44.2 Å². The van der Waals surface area contributed by atoms with Crippen LogP contribution in [0.4, 0.5) is 5.69 Å². The predicted octanol–water partition coefficient (Wildman–Crippen LogP) is 4.00. The number of ketones is 1. The fourth-order valence-corrected chi connectivity index (χ4v) is 3.61. The molecule has 29 heavy (non-hydrogen) atoms. The van der Waals surface area contributed by atoms with Crippen molar-refractivity contribution in [3.05, 3.63) is 65.7 Å². The third-order valence-corrected chi connectivity index (χ3v) is 5.37. The Bertz CT molecular complexity index is 939. The number of benzene rings is 2. The Morgan fingerprint density at radius 2 is 1.59 bits per heavy atom. The molecule has 1 N–H and O–H groups in total. The van der Waals surface area contributed by atoms with Gasteiger partial charge in [-0.05, 0) is 42.7 Å². The highest BCUT2D eigenvalue weighted by atomic mass is 32.2. The van der Waals surface area contributed by atoms with E-state index in [0.29, 0.717) is 11.3 Å². The fraction of sp³-hybridized carbons (Fsp3) is 0.364. The van der Waals surface area contributed by atoms with Gasteiger partial charge in [0.05, 0.1) is 12.2 Å². The zero-order chi connectivity index (χ0) is 21.6. The lowest BCUT2D eigenvalue weighted by Crippen LogP contribution is -2.30. The lowest BCUT2D eigenvalue weighted by molar-refractivity contribution is -0.149. The van der Waals surface area contributed by atoms with Gasteiger partial charge in [-0.1, -0.05) is 50.6 Å². The molecule has 0 aromatic heterocycles. The first-order valence-electron chi connectivity index (χ1n) is 9.50. The molecular weight excluding hydrogens is 390 g/mol. The van der Waals surface area contributed by atoms with E-state index in [9.17, 15) is 18.0 Å². The maximum Gasteiger partial charge on any atom is 0.314 e. The first-order valence-corrected chi connectivity index (χ1v) is 11.4. The Morgan fingerprint density at radius 3 is 2.10 bits per heavy atom. The number of nitrogens with one attached hydrogen (secondary N) is 1. The molecule has 0 saturated heterocycles. The molecule has 0 amide bonds. The zero-order valence-electron chi connectivity index (χ0n) is 17.1. The van der Waals surface area contributed by atoms with Crippen LogP contribution in [-0.4, -0.2) is 32.5 Å². The number of carbonyl (C=O) groups is 2. The molecule has 0 fully saturated rings. The summed E-state index contributed by atoms with van der Waals surface area (Å²) in [6.07, 6.45) is 0.895. The second kappa shape index (κ2) is 9.69. The molecule has 2 aromatic carbocycles. The number of anilines is 1. The Hall–Kier alpha value is -2.67. The van der Waals surface area contributed by atoms with Crippen LogP contribution in [0.3, 0.4) is 0 Å². The molecular formula is C22H27NO5S. The number of hydrogen-bond donors (Lipinski definition) is 1. The predicted molar refractivity (Wildman–Crippen MR) is 113 cm³/mol. The Morgan fingerprint density at radius 1 is 1.00 bits per heavy atom. The Kier molecular flexibility index (Phi) is 7.56. The SMILES string of the molecule is CC[C@H](C)[C@@H](C(=O)O[C@@H](C)C(=O)c1ccc(NS(C)(=O)=O)cc1)c1ccccc1. The summed E-state index contributed by atoms with van der Waals surface area (Å²) in [7, 11) is -3.39. The molecule has 0 unspecified atom stereocenters. The highest BCUT2D eigenvalue weighted by molar-refractivity contribution is 7.92. The van der Waals surface area contributed by atoms with Crippen LogP contribution >= 0.6 is 0 Å². The van der Waals surface area contributed by atoms with Gasteiger partial charge in [-0.25, -0.2) is 8.42 Å². The number of rotatable bonds is 9. The monoisotopic (exact) mass is 417 g/mol. The highest BCUT2D eigenvalue weighted by Gasteiger charge is 2.30. The molecule has 0 bridgehead atoms. The zero-order valence-corrected chi connectivity index (χ0v) is 17.9. The molecule has 0 aliphatic heterocycles. The lowest BCUT2D eigenvalue weighted by Gasteiger charge is -2.23. The van der Waals surface area contributed by atoms with Gasteiger partial charge in [0.25, 0.3) is 0 Å². The van der Waals surface area contributed by atoms with Crippen LogP contribution in [0.5, 0.6) is 0 Å². The largest absolute Gasteiger partial charge is 0.454 e. The van der Waals surface area contributed by atoms with Gasteiger partial charge in [0.2, 0.25) is 15.8 Å². The minimum atomic E-state index is -3.39. The lowest BCUT2D eigenvalue weighted by atomic mass is 9.85. The molecule has 0 radical (unpaired) electrons. The summed E-state index contributed by atoms with van der Waals surface area (Å²) in [5.74, 6) is -1.16. The van der Waals surface area contributed by atoms with E-state index in [0.717, 1.165) is 18.2 Å². The smallest absolute Gasteiger partial charge is 0.314 e. The quantitative estimate of drug-likeness (QED) is 0.492. The average molecular weight is 418 g/mol. The normalized spacial score (nSPS) is 14.5. The topological polar surface area (TPSA) is 89.5 Å². The van der Waals surface area contributed by atoms with E-state index in [1.165, 1.54) is 24.3 Å². The van der Waals surface area contributed by atoms with Crippen LogP contribution in [0.2, 0.25) is 0 Å². The summed E-state index contributed by atoms with van der Waals surface area (Å²) in [6.45, 7) is 5.54. The van der Waals surface area contributed by atoms with E-state index in [-0.39, 0.29) is 11.7 Å². The first-order chi connectivity index (χ1) is 13.6. The van der Waals surface area contributed by atoms with Crippen molar-refractivity contribution in [2.24, 2.45) is 5.92 Å². The van der Waals surface area contributed by atoms with E-state index in [1.54, 1.807) is 6.92 Å². The van der Waals surface area contributed by atoms with Crippen molar-refractivity contribution in [1.82, 2.24) is 0 Å². The van der Waals surface area contributed by atoms with Crippen LogP contribution in [-0.2, 0) is 19.6 Å². The van der Waals surface area contributed by atoms with E-state index < -0.39 is 28.0 Å². The summed E-state index contributed by atoms with van der Waals surface area (Å²) in [6, 6.07) is 15.4. The third kappa shape index (κ3) is 6.42. The Balaban J connectivity index is 2.12. The maximum absolute atomic E-state index is 12.8. The van der Waals surface area contributed by atoms with Crippen LogP contribution < -0.4 is 4.72 Å². The molecule has 6 nitrogen and oxygen atoms in total. The molecule has 0 aliphatic carbocycles. The van der Waals surface area contributed by atoms with Gasteiger partial charge in [0.1, 0.15) is 0 Å². The van der Waals surface area contributed by atoms with Crippen LogP contribution in [0.15, 0.2) is 54.6 Å². The van der Waals surface area contributed by atoms with Crippen LogP contribution in [0.25, 0.3) is 0 Å². The summed E-state index contributed by atoms with van der Waals surface area (Å²) in [4.78, 5) is 25.5. The van der Waals surface area contributed by atoms with Gasteiger partial charge >= 0.3 is 5.97 Å². The van der Waals surface area contributed by atoms with Crippen LogP contribution in [0.1, 0.15) is 49.0 Å². The minimum absolute atomic E-state index is 0.0635. The second-order valence-corrected chi connectivity index (χ2v) is 8.92. The standard InChI is InChI=1S/C22H27NO5S/c1-5-15(2)20(17-9-7-6-8-10-17)22(25)28-16(3)21(24)18-11-13-19(14-12-18)23-29(4,26)27/h6-16,20,23H,5H2,1-4H3/t15-,16-,20+/m0/s1. The van der Waals surface area contributed by atoms with E-state index in [2.05, 4.69) is 4.72 Å². The summed E-state index contributed by atoms with van der Waals surface area (Å²) in [5, 5.41) is 0. The summed E-state index contributed by atoms with van der Waals surface area (Å²) in [5.41, 5.74) is 1.56. The molecule has 2 rings (SSSR count). The third-order valence-electron chi connectivity index (χ3n) is 4.76. The minimum Gasteiger partial charge on any atom is -0.454 e. The number of carbonyl (C=O) groups excluding carboxylic acids is 2. The van der Waals surface area contributed by atoms with Gasteiger partial charge in [-0.2, -0.15) is 0 Å². The summed E-state index contributed by atoms with van der Waals surface area (Å²) >= 11 is 0. The average Bonchev–Trinajstić information content (AvgIpc) is 2.67. The van der Waals surface area contributed by atoms with Gasteiger partial charge in [0.15, 0.2) is 6.10 Å². The second-order valence-electron chi connectivity index (χ2n) is 7.17. The van der Waals surface area contributed by atoms with Gasteiger partial charge in [-0.15, -0.1) is 0 Å². The fourth-order valence-electron chi connectivity index (χ4n) is 3.05. The van der Waals surface area contributed by atoms with Gasteiger partial charge in [0, 0.05) is 11.3 Å². The van der Waals surface area contributed by atoms with Crippen molar-refractivity contribution in [2.45, 2.75) is 39.2 Å². The van der Waals surface area contributed by atoms with Crippen molar-refractivity contribution in [3.8, 4) is 0 Å². The summed E-state index contributed by atoms with van der Waals surface area (Å²) < 4.78 is 30.4. The van der Waals surface area contributed by atoms with E-state index in [4.69, 9.17) is 4.74 Å². The molecule has 0 aliphatic rings. The number of ether oxygens (including phenoxy) is 1. The number of sulfonamides is 1. The molecule has 2 aromatic rings. The molecule has 0 saturated carbocycles. The van der Waals surface area contributed by atoms with Gasteiger partial charge in [-0.3, -0.25) is 14.3 Å². The van der Waals surface area contributed by atoms with Crippen molar-refractivity contribution in [1.29, 1.82) is 0 Å². The van der Waals surface area contributed by atoms with Crippen molar-refractivity contribution in [3.63, 3.8) is 0 Å². The molecule has 7 heteroatoms. The van der Waals surface area contributed by atoms with Crippen LogP contribution in [0, 0.1) is 5.92 Å². The van der Waals surface area contributed by atoms with Crippen molar-refractivity contribution >= 4 is 27.5 Å². The van der Waals surface area contributed by atoms with Gasteiger partial charge < -0.3 is 4.74 Å². The molecule has 0 heterocycles. The van der Waals surface area contributed by atoms with Crippen molar-refractivity contribution < 1.29 is 22.7 Å². The first kappa shape index (κ1) is 22.6. The Labute approximate surface area is 172 Å².